The lowest BCUT2D eigenvalue weighted by molar-refractivity contribution is -0.310. The highest BCUT2D eigenvalue weighted by Gasteiger charge is 2.33. The Balaban J connectivity index is -0.00000176. The molecule has 0 fully saturated rings. The van der Waals surface area contributed by atoms with Gasteiger partial charge in [-0.3, -0.25) is 4.79 Å². The Kier molecular flexibility index (Phi) is 14.0. The molecule has 10 nitrogen and oxygen atoms in total. The summed E-state index contributed by atoms with van der Waals surface area (Å²) in [6.07, 6.45) is 2.42. The second-order valence-electron chi connectivity index (χ2n) is 6.35. The number of halogens is 1. The number of guanidine groups is 1. The molecule has 0 spiro atoms. The molecule has 26 heavy (non-hydrogen) atoms. The van der Waals surface area contributed by atoms with E-state index < -0.39 is 13.6 Å². The Bertz CT molecular complexity index is 548. The van der Waals surface area contributed by atoms with Gasteiger partial charge in [-0.05, 0) is 38.1 Å². The van der Waals surface area contributed by atoms with E-state index in [1.54, 1.807) is 0 Å². The number of carbonyl (C=O) groups is 1. The summed E-state index contributed by atoms with van der Waals surface area (Å²) >= 11 is 0. The van der Waals surface area contributed by atoms with Crippen LogP contribution in [0.1, 0.15) is 40.0 Å². The molecule has 0 saturated heterocycles. The summed E-state index contributed by atoms with van der Waals surface area (Å²) in [5.74, 6) is -0.188. The van der Waals surface area contributed by atoms with Crippen LogP contribution in [0, 0.1) is 11.8 Å². The SMILES string of the molecule is CC(=O)NC(CC(C)C)C1CC=C(P(=O)([O-])[O-])CC1N=C(N)N.Cl.[NH4+].[NH4+]. The number of quaternary nitrogens is 2. The average molecular weight is 417 g/mol. The summed E-state index contributed by atoms with van der Waals surface area (Å²) in [5, 5.41) is 2.72. The second kappa shape index (κ2) is 12.3. The summed E-state index contributed by atoms with van der Waals surface area (Å²) in [6, 6.07) is -0.747. The first-order chi connectivity index (χ1) is 10.5. The van der Waals surface area contributed by atoms with E-state index >= 15 is 0 Å². The predicted molar refractivity (Wildman–Crippen MR) is 104 cm³/mol. The van der Waals surface area contributed by atoms with Gasteiger partial charge in [-0.2, -0.15) is 0 Å². The molecule has 1 aliphatic rings. The molecule has 12 heteroatoms. The van der Waals surface area contributed by atoms with Crippen molar-refractivity contribution < 1.29 is 19.1 Å². The van der Waals surface area contributed by atoms with Crippen LogP contribution in [-0.2, 0) is 9.36 Å². The number of rotatable bonds is 6. The van der Waals surface area contributed by atoms with Crippen LogP contribution < -0.4 is 38.9 Å². The van der Waals surface area contributed by atoms with Gasteiger partial charge in [0.1, 0.15) is 0 Å². The van der Waals surface area contributed by atoms with Gasteiger partial charge < -0.3 is 43.4 Å². The molecule has 0 aromatic carbocycles. The number of carbonyl (C=O) groups excluding carboxylic acids is 1. The van der Waals surface area contributed by atoms with Crippen molar-refractivity contribution in [2.75, 3.05) is 0 Å². The van der Waals surface area contributed by atoms with Crippen molar-refractivity contribution >= 4 is 31.9 Å². The minimum absolute atomic E-state index is 0. The Hall–Kier alpha value is -1.16. The maximum Gasteiger partial charge on any atom is 0.217 e. The smallest absolute Gasteiger partial charge is 0.217 e. The fourth-order valence-corrected chi connectivity index (χ4v) is 3.72. The average Bonchev–Trinajstić information content (AvgIpc) is 2.34. The molecule has 0 heterocycles. The normalized spacial score (nSPS) is 20.5. The first-order valence-corrected chi connectivity index (χ1v) is 9.12. The first kappa shape index (κ1) is 29.6. The predicted octanol–water partition coefficient (Wildman–Crippen LogP) is 0.561. The Morgan fingerprint density at radius 1 is 1.38 bits per heavy atom. The minimum Gasteiger partial charge on any atom is -0.808 e. The second-order valence-corrected chi connectivity index (χ2v) is 7.92. The summed E-state index contributed by atoms with van der Waals surface area (Å²) in [6.45, 7) is 5.48. The number of amides is 1. The molecule has 3 atom stereocenters. The first-order valence-electron chi connectivity index (χ1n) is 7.58. The number of nitrogens with one attached hydrogen (secondary N) is 1. The molecule has 156 valence electrons. The van der Waals surface area contributed by atoms with Crippen LogP contribution in [0.15, 0.2) is 16.4 Å². The molecular weight excluding hydrogens is 383 g/mol. The van der Waals surface area contributed by atoms with Crippen molar-refractivity contribution in [2.24, 2.45) is 28.3 Å². The lowest BCUT2D eigenvalue weighted by Gasteiger charge is -2.41. The topological polar surface area (TPSA) is 230 Å². The van der Waals surface area contributed by atoms with Crippen LogP contribution in [0.5, 0.6) is 0 Å². The number of allylic oxidation sites excluding steroid dienone is 1. The maximum absolute atomic E-state index is 11.5. The molecule has 1 amide bonds. The Morgan fingerprint density at radius 2 is 1.92 bits per heavy atom. The molecule has 0 aliphatic heterocycles. The van der Waals surface area contributed by atoms with E-state index in [4.69, 9.17) is 11.5 Å². The van der Waals surface area contributed by atoms with E-state index in [2.05, 4.69) is 10.3 Å². The van der Waals surface area contributed by atoms with Gasteiger partial charge in [-0.25, -0.2) is 4.99 Å². The fraction of sp³-hybridized carbons (Fsp3) is 0.714. The third-order valence-electron chi connectivity index (χ3n) is 3.84. The van der Waals surface area contributed by atoms with E-state index in [0.29, 0.717) is 18.8 Å². The fourth-order valence-electron chi connectivity index (χ4n) is 2.98. The van der Waals surface area contributed by atoms with Gasteiger partial charge in [0, 0.05) is 18.9 Å². The summed E-state index contributed by atoms with van der Waals surface area (Å²) in [4.78, 5) is 38.1. The van der Waals surface area contributed by atoms with E-state index in [1.165, 1.54) is 13.0 Å². The van der Waals surface area contributed by atoms with Crippen LogP contribution in [-0.4, -0.2) is 24.0 Å². The van der Waals surface area contributed by atoms with Gasteiger partial charge in [0.05, 0.1) is 6.04 Å². The summed E-state index contributed by atoms with van der Waals surface area (Å²) < 4.78 is 11.3. The van der Waals surface area contributed by atoms with Crippen molar-refractivity contribution in [1.82, 2.24) is 17.6 Å². The van der Waals surface area contributed by atoms with Gasteiger partial charge in [-0.1, -0.05) is 19.9 Å². The zero-order valence-electron chi connectivity index (χ0n) is 16.1. The molecule has 0 aromatic rings. The lowest BCUT2D eigenvalue weighted by Crippen LogP contribution is -2.46. The largest absolute Gasteiger partial charge is 0.808 e. The molecule has 0 saturated carbocycles. The molecule has 1 aliphatic carbocycles. The zero-order chi connectivity index (χ0) is 17.8. The standard InChI is InChI=1S/C14H27N4O4P.ClH.2H3N/c1-8(2)6-12(17-9(3)19)11-5-4-10(23(20,21)22)7-13(11)18-14(15)16;;;/h4,8,11-13H,5-7H2,1-3H3,(H,17,19)(H4,15,16,18)(H2,20,21,22);1H;2*1H3. The van der Waals surface area contributed by atoms with E-state index in [0.717, 1.165) is 0 Å². The molecule has 13 N–H and O–H groups in total. The molecule has 3 unspecified atom stereocenters. The van der Waals surface area contributed by atoms with Crippen molar-refractivity contribution in [3.8, 4) is 0 Å². The maximum atomic E-state index is 11.5. The van der Waals surface area contributed by atoms with Crippen LogP contribution in [0.2, 0.25) is 0 Å². The number of nitrogens with zero attached hydrogens (tertiary/aromatic N) is 1. The van der Waals surface area contributed by atoms with E-state index in [9.17, 15) is 19.1 Å². The van der Waals surface area contributed by atoms with Gasteiger partial charge >= 0.3 is 0 Å². The molecule has 0 radical (unpaired) electrons. The van der Waals surface area contributed by atoms with Crippen molar-refractivity contribution in [3.63, 3.8) is 0 Å². The molecular formula is C14H34ClN6O4P. The van der Waals surface area contributed by atoms with Gasteiger partial charge in [-0.15, -0.1) is 12.4 Å². The molecule has 1 rings (SSSR count). The third-order valence-corrected chi connectivity index (χ3v) is 4.90. The highest BCUT2D eigenvalue weighted by Crippen LogP contribution is 2.44. The Labute approximate surface area is 161 Å². The van der Waals surface area contributed by atoms with Crippen LogP contribution in [0.4, 0.5) is 0 Å². The highest BCUT2D eigenvalue weighted by molar-refractivity contribution is 7.53. The van der Waals surface area contributed by atoms with E-state index in [-0.39, 0.29) is 60.3 Å². The zero-order valence-corrected chi connectivity index (χ0v) is 17.8. The quantitative estimate of drug-likeness (QED) is 0.235. The summed E-state index contributed by atoms with van der Waals surface area (Å²) in [7, 11) is -4.81. The summed E-state index contributed by atoms with van der Waals surface area (Å²) in [5.41, 5.74) is 10.9. The third kappa shape index (κ3) is 9.51. The molecule has 0 bridgehead atoms. The van der Waals surface area contributed by atoms with Crippen molar-refractivity contribution in [3.05, 3.63) is 11.4 Å². The van der Waals surface area contributed by atoms with Gasteiger partial charge in [0.25, 0.3) is 0 Å². The van der Waals surface area contributed by atoms with E-state index in [1.807, 2.05) is 13.8 Å². The van der Waals surface area contributed by atoms with Gasteiger partial charge in [0.15, 0.2) is 5.96 Å². The monoisotopic (exact) mass is 416 g/mol. The van der Waals surface area contributed by atoms with Crippen molar-refractivity contribution in [1.29, 1.82) is 0 Å². The number of nitrogens with two attached hydrogens (primary N) is 2. The van der Waals surface area contributed by atoms with Crippen LogP contribution in [0.25, 0.3) is 0 Å². The van der Waals surface area contributed by atoms with Crippen molar-refractivity contribution in [2.45, 2.75) is 52.1 Å². The number of hydrogen-bond acceptors (Lipinski definition) is 5. The highest BCUT2D eigenvalue weighted by atomic mass is 35.5. The van der Waals surface area contributed by atoms with Crippen LogP contribution >= 0.6 is 20.0 Å². The van der Waals surface area contributed by atoms with Gasteiger partial charge in [0.2, 0.25) is 5.91 Å². The Morgan fingerprint density at radius 3 is 2.31 bits per heavy atom. The molecule has 0 aromatic heterocycles. The number of hydrogen-bond donors (Lipinski definition) is 5. The lowest BCUT2D eigenvalue weighted by atomic mass is 9.80. The number of aliphatic imine (C=N–C) groups is 1. The van der Waals surface area contributed by atoms with Crippen LogP contribution in [0.3, 0.4) is 0 Å². The minimum atomic E-state index is -4.81.